The van der Waals surface area contributed by atoms with E-state index in [1.807, 2.05) is 25.4 Å². The zero-order valence-corrected chi connectivity index (χ0v) is 13.1. The molecule has 2 rings (SSSR count). The average molecular weight is 292 g/mol. The molecule has 0 spiro atoms. The molecule has 0 amide bonds. The van der Waals surface area contributed by atoms with E-state index in [1.54, 1.807) is 0 Å². The van der Waals surface area contributed by atoms with Gasteiger partial charge < -0.3 is 9.88 Å². The van der Waals surface area contributed by atoms with Gasteiger partial charge in [-0.15, -0.1) is 0 Å². The maximum absolute atomic E-state index is 6.23. The van der Waals surface area contributed by atoms with E-state index in [-0.39, 0.29) is 6.04 Å². The molecule has 0 aliphatic carbocycles. The van der Waals surface area contributed by atoms with E-state index in [2.05, 4.69) is 41.0 Å². The lowest BCUT2D eigenvalue weighted by molar-refractivity contribution is 0.541. The Morgan fingerprint density at radius 2 is 2.20 bits per heavy atom. The van der Waals surface area contributed by atoms with E-state index in [0.717, 1.165) is 35.8 Å². The van der Waals surface area contributed by atoms with E-state index >= 15 is 0 Å². The van der Waals surface area contributed by atoms with Crippen LogP contribution in [0, 0.1) is 6.92 Å². The zero-order chi connectivity index (χ0) is 14.5. The number of likely N-dealkylation sites (N-methyl/N-ethyl adjacent to an activating group) is 1. The predicted molar refractivity (Wildman–Crippen MR) is 84.2 cm³/mol. The molecular formula is C16H22ClN3. The van der Waals surface area contributed by atoms with Crippen molar-refractivity contribution in [2.75, 3.05) is 7.05 Å². The second-order valence-corrected chi connectivity index (χ2v) is 5.44. The van der Waals surface area contributed by atoms with Gasteiger partial charge in [0.25, 0.3) is 0 Å². The molecule has 4 heteroatoms. The van der Waals surface area contributed by atoms with Crippen LogP contribution in [0.15, 0.2) is 30.6 Å². The minimum atomic E-state index is 0.228. The Balaban J connectivity index is 2.24. The van der Waals surface area contributed by atoms with E-state index in [0.29, 0.717) is 0 Å². The van der Waals surface area contributed by atoms with Crippen LogP contribution in [0.1, 0.15) is 36.3 Å². The molecule has 2 aromatic rings. The number of imidazole rings is 1. The number of aryl methyl sites for hydroxylation is 1. The first kappa shape index (κ1) is 15.1. The molecule has 0 aliphatic rings. The smallest absolute Gasteiger partial charge is 0.110 e. The highest BCUT2D eigenvalue weighted by Gasteiger charge is 2.16. The van der Waals surface area contributed by atoms with Crippen LogP contribution in [-0.4, -0.2) is 16.6 Å². The third-order valence-electron chi connectivity index (χ3n) is 3.69. The molecule has 0 saturated heterocycles. The van der Waals surface area contributed by atoms with Crippen LogP contribution in [0.4, 0.5) is 0 Å². The average Bonchev–Trinajstić information content (AvgIpc) is 2.87. The van der Waals surface area contributed by atoms with Crippen molar-refractivity contribution >= 4 is 11.6 Å². The summed E-state index contributed by atoms with van der Waals surface area (Å²) in [6, 6.07) is 6.31. The van der Waals surface area contributed by atoms with E-state index in [9.17, 15) is 0 Å². The van der Waals surface area contributed by atoms with Gasteiger partial charge in [0, 0.05) is 36.4 Å². The van der Waals surface area contributed by atoms with Crippen LogP contribution in [0.25, 0.3) is 0 Å². The second-order valence-electron chi connectivity index (χ2n) is 5.04. The van der Waals surface area contributed by atoms with Crippen molar-refractivity contribution in [2.45, 2.75) is 39.3 Å². The number of hydrogen-bond donors (Lipinski definition) is 1. The van der Waals surface area contributed by atoms with Crippen molar-refractivity contribution in [3.05, 3.63) is 52.6 Å². The summed E-state index contributed by atoms with van der Waals surface area (Å²) in [5, 5.41) is 4.20. The van der Waals surface area contributed by atoms with Crippen molar-refractivity contribution < 1.29 is 0 Å². The Morgan fingerprint density at radius 1 is 1.40 bits per heavy atom. The molecule has 0 radical (unpaired) electrons. The van der Waals surface area contributed by atoms with Gasteiger partial charge in [-0.3, -0.25) is 0 Å². The summed E-state index contributed by atoms with van der Waals surface area (Å²) < 4.78 is 2.23. The van der Waals surface area contributed by atoms with Crippen molar-refractivity contribution in [1.29, 1.82) is 0 Å². The first-order valence-electron chi connectivity index (χ1n) is 7.09. The third kappa shape index (κ3) is 3.22. The quantitative estimate of drug-likeness (QED) is 0.878. The van der Waals surface area contributed by atoms with Gasteiger partial charge in [0.15, 0.2) is 0 Å². The summed E-state index contributed by atoms with van der Waals surface area (Å²) >= 11 is 6.23. The Hall–Kier alpha value is -1.32. The number of nitrogens with zero attached hydrogens (tertiary/aromatic N) is 2. The maximum atomic E-state index is 6.23. The van der Waals surface area contributed by atoms with Gasteiger partial charge in [0.1, 0.15) is 5.82 Å². The predicted octanol–water partition coefficient (Wildman–Crippen LogP) is 3.76. The molecule has 108 valence electrons. The summed E-state index contributed by atoms with van der Waals surface area (Å²) in [6.45, 7) is 5.27. The van der Waals surface area contributed by atoms with Crippen LogP contribution < -0.4 is 5.32 Å². The van der Waals surface area contributed by atoms with Crippen LogP contribution in [0.5, 0.6) is 0 Å². The van der Waals surface area contributed by atoms with E-state index < -0.39 is 0 Å². The highest BCUT2D eigenvalue weighted by atomic mass is 35.5. The number of halogens is 1. The normalized spacial score (nSPS) is 12.6. The monoisotopic (exact) mass is 291 g/mol. The van der Waals surface area contributed by atoms with E-state index in [1.165, 1.54) is 5.56 Å². The maximum Gasteiger partial charge on any atom is 0.110 e. The largest absolute Gasteiger partial charge is 0.335 e. The molecule has 0 saturated carbocycles. The van der Waals surface area contributed by atoms with Gasteiger partial charge in [0.05, 0.1) is 0 Å². The Labute approximate surface area is 126 Å². The molecule has 1 N–H and O–H groups in total. The van der Waals surface area contributed by atoms with Crippen LogP contribution in [-0.2, 0) is 13.0 Å². The fourth-order valence-corrected chi connectivity index (χ4v) is 2.71. The molecule has 1 aromatic carbocycles. The third-order valence-corrected chi connectivity index (χ3v) is 4.10. The number of rotatable bonds is 6. The van der Waals surface area contributed by atoms with Gasteiger partial charge >= 0.3 is 0 Å². The lowest BCUT2D eigenvalue weighted by Crippen LogP contribution is -2.21. The van der Waals surface area contributed by atoms with Gasteiger partial charge in [0.2, 0.25) is 0 Å². The molecule has 1 heterocycles. The van der Waals surface area contributed by atoms with Crippen molar-refractivity contribution in [3.63, 3.8) is 0 Å². The first-order chi connectivity index (χ1) is 9.67. The lowest BCUT2D eigenvalue weighted by Gasteiger charge is -2.20. The number of hydrogen-bond acceptors (Lipinski definition) is 2. The van der Waals surface area contributed by atoms with E-state index in [4.69, 9.17) is 11.6 Å². The highest BCUT2D eigenvalue weighted by molar-refractivity contribution is 6.31. The summed E-state index contributed by atoms with van der Waals surface area (Å²) in [4.78, 5) is 4.49. The number of benzene rings is 1. The van der Waals surface area contributed by atoms with Gasteiger partial charge in [-0.25, -0.2) is 4.98 Å². The molecular weight excluding hydrogens is 270 g/mol. The standard InChI is InChI=1S/C16H22ClN3/c1-4-9-20-10-8-19-16(20)11-15(18-3)13-6-5-7-14(17)12(13)2/h5-8,10,15,18H,4,9,11H2,1-3H3. The van der Waals surface area contributed by atoms with Crippen molar-refractivity contribution in [2.24, 2.45) is 0 Å². The van der Waals surface area contributed by atoms with Crippen LogP contribution >= 0.6 is 11.6 Å². The van der Waals surface area contributed by atoms with Crippen LogP contribution in [0.2, 0.25) is 5.02 Å². The zero-order valence-electron chi connectivity index (χ0n) is 12.4. The first-order valence-corrected chi connectivity index (χ1v) is 7.47. The Kier molecular flexibility index (Phi) is 5.21. The molecule has 1 atom stereocenters. The molecule has 3 nitrogen and oxygen atoms in total. The van der Waals surface area contributed by atoms with Gasteiger partial charge in [-0.1, -0.05) is 30.7 Å². The lowest BCUT2D eigenvalue weighted by atomic mass is 9.98. The van der Waals surface area contributed by atoms with Gasteiger partial charge in [-0.05, 0) is 37.6 Å². The van der Waals surface area contributed by atoms with Gasteiger partial charge in [-0.2, -0.15) is 0 Å². The second kappa shape index (κ2) is 6.91. The van der Waals surface area contributed by atoms with Crippen molar-refractivity contribution in [3.8, 4) is 0 Å². The Morgan fingerprint density at radius 3 is 2.90 bits per heavy atom. The Bertz CT molecular complexity index is 563. The summed E-state index contributed by atoms with van der Waals surface area (Å²) in [5.74, 6) is 1.12. The molecule has 0 aliphatic heterocycles. The molecule has 0 bridgehead atoms. The summed E-state index contributed by atoms with van der Waals surface area (Å²) in [5.41, 5.74) is 2.38. The number of aromatic nitrogens is 2. The molecule has 20 heavy (non-hydrogen) atoms. The topological polar surface area (TPSA) is 29.9 Å². The fourth-order valence-electron chi connectivity index (χ4n) is 2.53. The molecule has 1 unspecified atom stereocenters. The molecule has 1 aromatic heterocycles. The summed E-state index contributed by atoms with van der Waals surface area (Å²) in [6.07, 6.45) is 5.91. The summed E-state index contributed by atoms with van der Waals surface area (Å²) in [7, 11) is 1.98. The van der Waals surface area contributed by atoms with Crippen molar-refractivity contribution in [1.82, 2.24) is 14.9 Å². The number of nitrogens with one attached hydrogen (secondary N) is 1. The SMILES string of the molecule is CCCn1ccnc1CC(NC)c1cccc(Cl)c1C. The fraction of sp³-hybridized carbons (Fsp3) is 0.438. The minimum absolute atomic E-state index is 0.228. The highest BCUT2D eigenvalue weighted by Crippen LogP contribution is 2.26. The molecule has 0 fully saturated rings. The van der Waals surface area contributed by atoms with Crippen LogP contribution in [0.3, 0.4) is 0 Å². The minimum Gasteiger partial charge on any atom is -0.335 e.